The van der Waals surface area contributed by atoms with Crippen molar-refractivity contribution in [1.29, 1.82) is 0 Å². The van der Waals surface area contributed by atoms with Crippen molar-refractivity contribution in [2.24, 2.45) is 0 Å². The van der Waals surface area contributed by atoms with Crippen LogP contribution < -0.4 is 5.32 Å². The highest BCUT2D eigenvalue weighted by atomic mass is 16.2. The van der Waals surface area contributed by atoms with Crippen LogP contribution in [-0.2, 0) is 4.79 Å². The number of carbonyl (C=O) groups is 2. The van der Waals surface area contributed by atoms with E-state index in [1.807, 2.05) is 4.90 Å². The second-order valence-electron chi connectivity index (χ2n) is 4.77. The first-order chi connectivity index (χ1) is 9.62. The highest BCUT2D eigenvalue weighted by molar-refractivity contribution is 5.97. The van der Waals surface area contributed by atoms with Crippen LogP contribution in [0, 0.1) is 0 Å². The largest absolute Gasteiger partial charge is 0.339 e. The molecule has 110 valence electrons. The molecule has 0 unspecified atom stereocenters. The van der Waals surface area contributed by atoms with E-state index in [0.717, 1.165) is 25.9 Å². The smallest absolute Gasteiger partial charge is 0.253 e. The lowest BCUT2D eigenvalue weighted by atomic mass is 10.1. The van der Waals surface area contributed by atoms with Gasteiger partial charge in [0.15, 0.2) is 0 Å². The zero-order chi connectivity index (χ0) is 15.0. The van der Waals surface area contributed by atoms with E-state index in [4.69, 9.17) is 0 Å². The minimum atomic E-state index is -0.0476. The summed E-state index contributed by atoms with van der Waals surface area (Å²) >= 11 is 0. The van der Waals surface area contributed by atoms with Gasteiger partial charge < -0.3 is 10.2 Å². The van der Waals surface area contributed by atoms with Gasteiger partial charge in [-0.2, -0.15) is 0 Å². The summed E-state index contributed by atoms with van der Waals surface area (Å²) in [5.74, 6) is -0.0186. The molecule has 0 radical (unpaired) electrons. The summed E-state index contributed by atoms with van der Waals surface area (Å²) in [6.45, 7) is 7.45. The average Bonchev–Trinajstić information content (AvgIpc) is 2.46. The molecule has 0 heterocycles. The summed E-state index contributed by atoms with van der Waals surface area (Å²) in [7, 11) is 0. The molecule has 4 nitrogen and oxygen atoms in total. The number of anilines is 1. The zero-order valence-corrected chi connectivity index (χ0v) is 12.6. The van der Waals surface area contributed by atoms with Crippen LogP contribution in [0.3, 0.4) is 0 Å². The van der Waals surface area contributed by atoms with Crippen LogP contribution in [0.4, 0.5) is 5.69 Å². The summed E-state index contributed by atoms with van der Waals surface area (Å²) in [6.07, 6.45) is 2.31. The Kier molecular flexibility index (Phi) is 6.77. The Balaban J connectivity index is 2.86. The number of nitrogens with zero attached hydrogens (tertiary/aromatic N) is 1. The van der Waals surface area contributed by atoms with Crippen molar-refractivity contribution in [3.8, 4) is 0 Å². The molecule has 0 aliphatic rings. The minimum absolute atomic E-state index is 0.0290. The van der Waals surface area contributed by atoms with Gasteiger partial charge in [-0.1, -0.05) is 26.8 Å². The minimum Gasteiger partial charge on any atom is -0.339 e. The standard InChI is InChI=1S/C16H24N2O2/c1-4-10-18(11-5-2)16(20)13-8-7-9-14(12-13)17-15(19)6-3/h7-9,12H,4-6,10-11H2,1-3H3,(H,17,19). The second-order valence-corrected chi connectivity index (χ2v) is 4.77. The molecule has 0 bridgehead atoms. The number of amides is 2. The van der Waals surface area contributed by atoms with Gasteiger partial charge in [0.25, 0.3) is 5.91 Å². The van der Waals surface area contributed by atoms with Crippen molar-refractivity contribution in [3.63, 3.8) is 0 Å². The van der Waals surface area contributed by atoms with Gasteiger partial charge in [0.2, 0.25) is 5.91 Å². The van der Waals surface area contributed by atoms with Gasteiger partial charge in [0, 0.05) is 30.8 Å². The number of nitrogens with one attached hydrogen (secondary N) is 1. The van der Waals surface area contributed by atoms with Gasteiger partial charge in [0.1, 0.15) is 0 Å². The Morgan fingerprint density at radius 1 is 1.10 bits per heavy atom. The van der Waals surface area contributed by atoms with Gasteiger partial charge >= 0.3 is 0 Å². The second kappa shape index (κ2) is 8.35. The maximum Gasteiger partial charge on any atom is 0.253 e. The molecule has 0 saturated heterocycles. The van der Waals surface area contributed by atoms with Crippen molar-refractivity contribution >= 4 is 17.5 Å². The van der Waals surface area contributed by atoms with Gasteiger partial charge in [-0.05, 0) is 31.0 Å². The number of benzene rings is 1. The maximum atomic E-state index is 12.4. The molecule has 1 aromatic rings. The summed E-state index contributed by atoms with van der Waals surface area (Å²) in [5.41, 5.74) is 1.30. The van der Waals surface area contributed by atoms with Crippen molar-refractivity contribution in [3.05, 3.63) is 29.8 Å². The molecule has 0 saturated carbocycles. The lowest BCUT2D eigenvalue weighted by Gasteiger charge is -2.21. The topological polar surface area (TPSA) is 49.4 Å². The first-order valence-corrected chi connectivity index (χ1v) is 7.31. The molecule has 4 heteroatoms. The summed E-state index contributed by atoms with van der Waals surface area (Å²) < 4.78 is 0. The zero-order valence-electron chi connectivity index (χ0n) is 12.6. The van der Waals surface area contributed by atoms with Crippen LogP contribution in [-0.4, -0.2) is 29.8 Å². The normalized spacial score (nSPS) is 10.2. The van der Waals surface area contributed by atoms with Crippen LogP contribution in [0.5, 0.6) is 0 Å². The number of rotatable bonds is 7. The van der Waals surface area contributed by atoms with Gasteiger partial charge in [-0.25, -0.2) is 0 Å². The van der Waals surface area contributed by atoms with E-state index < -0.39 is 0 Å². The molecule has 1 rings (SSSR count). The first kappa shape index (κ1) is 16.2. The summed E-state index contributed by atoms with van der Waals surface area (Å²) in [5, 5.41) is 2.78. The molecular weight excluding hydrogens is 252 g/mol. The quantitative estimate of drug-likeness (QED) is 0.830. The van der Waals surface area contributed by atoms with Crippen molar-refractivity contribution in [1.82, 2.24) is 4.90 Å². The van der Waals surface area contributed by atoms with E-state index in [1.54, 1.807) is 31.2 Å². The Morgan fingerprint density at radius 2 is 1.75 bits per heavy atom. The lowest BCUT2D eigenvalue weighted by molar-refractivity contribution is -0.115. The van der Waals surface area contributed by atoms with Crippen molar-refractivity contribution in [2.45, 2.75) is 40.0 Å². The molecule has 0 atom stereocenters. The Labute approximate surface area is 121 Å². The molecule has 1 N–H and O–H groups in total. The fraction of sp³-hybridized carbons (Fsp3) is 0.500. The summed E-state index contributed by atoms with van der Waals surface area (Å²) in [4.78, 5) is 25.7. The molecule has 1 aromatic carbocycles. The van der Waals surface area contributed by atoms with Crippen LogP contribution in [0.1, 0.15) is 50.4 Å². The van der Waals surface area contributed by atoms with E-state index in [1.165, 1.54) is 0 Å². The third kappa shape index (κ3) is 4.68. The van der Waals surface area contributed by atoms with E-state index in [0.29, 0.717) is 17.7 Å². The SMILES string of the molecule is CCCN(CCC)C(=O)c1cccc(NC(=O)CC)c1. The number of hydrogen-bond donors (Lipinski definition) is 1. The molecule has 2 amide bonds. The average molecular weight is 276 g/mol. The van der Waals surface area contributed by atoms with Crippen molar-refractivity contribution in [2.75, 3.05) is 18.4 Å². The van der Waals surface area contributed by atoms with E-state index in [9.17, 15) is 9.59 Å². The molecule has 0 aliphatic heterocycles. The molecule has 0 spiro atoms. The monoisotopic (exact) mass is 276 g/mol. The van der Waals surface area contributed by atoms with Crippen LogP contribution in [0.25, 0.3) is 0 Å². The third-order valence-electron chi connectivity index (χ3n) is 2.99. The Hall–Kier alpha value is -1.84. The van der Waals surface area contributed by atoms with Crippen LogP contribution in [0.2, 0.25) is 0 Å². The predicted octanol–water partition coefficient (Wildman–Crippen LogP) is 3.30. The maximum absolute atomic E-state index is 12.4. The van der Waals surface area contributed by atoms with E-state index in [2.05, 4.69) is 19.2 Å². The first-order valence-electron chi connectivity index (χ1n) is 7.31. The molecule has 0 fully saturated rings. The van der Waals surface area contributed by atoms with E-state index in [-0.39, 0.29) is 11.8 Å². The van der Waals surface area contributed by atoms with Crippen molar-refractivity contribution < 1.29 is 9.59 Å². The number of carbonyl (C=O) groups excluding carboxylic acids is 2. The molecule has 20 heavy (non-hydrogen) atoms. The Bertz CT molecular complexity index is 452. The van der Waals surface area contributed by atoms with Gasteiger partial charge in [0.05, 0.1) is 0 Å². The molecule has 0 aromatic heterocycles. The highest BCUT2D eigenvalue weighted by Crippen LogP contribution is 2.13. The lowest BCUT2D eigenvalue weighted by Crippen LogP contribution is -2.32. The van der Waals surface area contributed by atoms with E-state index >= 15 is 0 Å². The third-order valence-corrected chi connectivity index (χ3v) is 2.99. The fourth-order valence-corrected chi connectivity index (χ4v) is 2.02. The fourth-order valence-electron chi connectivity index (χ4n) is 2.02. The van der Waals surface area contributed by atoms with Crippen LogP contribution >= 0.6 is 0 Å². The highest BCUT2D eigenvalue weighted by Gasteiger charge is 2.14. The predicted molar refractivity (Wildman–Crippen MR) is 81.8 cm³/mol. The van der Waals surface area contributed by atoms with Gasteiger partial charge in [-0.15, -0.1) is 0 Å². The molecule has 0 aliphatic carbocycles. The number of hydrogen-bond acceptors (Lipinski definition) is 2. The Morgan fingerprint density at radius 3 is 2.30 bits per heavy atom. The van der Waals surface area contributed by atoms with Crippen LogP contribution in [0.15, 0.2) is 24.3 Å². The summed E-state index contributed by atoms with van der Waals surface area (Å²) in [6, 6.07) is 7.14. The van der Waals surface area contributed by atoms with Gasteiger partial charge in [-0.3, -0.25) is 9.59 Å². The molecular formula is C16H24N2O2.